The van der Waals surface area contributed by atoms with E-state index in [1.54, 1.807) is 29.9 Å². The first-order valence-electron chi connectivity index (χ1n) is 11.7. The van der Waals surface area contributed by atoms with Gasteiger partial charge in [-0.2, -0.15) is 0 Å². The van der Waals surface area contributed by atoms with E-state index < -0.39 is 0 Å². The maximum Gasteiger partial charge on any atom is 0.250 e. The monoisotopic (exact) mass is 455 g/mol. The lowest BCUT2D eigenvalue weighted by molar-refractivity contribution is -0.119. The van der Waals surface area contributed by atoms with E-state index in [1.807, 2.05) is 24.5 Å². The van der Waals surface area contributed by atoms with Gasteiger partial charge in [-0.15, -0.1) is 0 Å². The molecule has 4 aromatic heterocycles. The summed E-state index contributed by atoms with van der Waals surface area (Å²) in [5.74, 6) is 1.87. The topological polar surface area (TPSA) is 115 Å². The molecule has 1 fully saturated rings. The van der Waals surface area contributed by atoms with Gasteiger partial charge in [0.25, 0.3) is 0 Å². The number of nitrogens with zero attached hydrogens (tertiary/aromatic N) is 8. The Morgan fingerprint density at radius 3 is 2.53 bits per heavy atom. The highest BCUT2D eigenvalue weighted by molar-refractivity contribution is 6.03. The van der Waals surface area contributed by atoms with Gasteiger partial charge >= 0.3 is 0 Å². The average Bonchev–Trinajstić information content (AvgIpc) is 3.32. The van der Waals surface area contributed by atoms with E-state index in [0.29, 0.717) is 35.4 Å². The molecule has 0 aromatic carbocycles. The average molecular weight is 456 g/mol. The molecule has 1 atom stereocenters. The molecular formula is C24H25N9O. The number of carbonyl (C=O) groups is 1. The van der Waals surface area contributed by atoms with Gasteiger partial charge in [0, 0.05) is 42.3 Å². The van der Waals surface area contributed by atoms with Crippen LogP contribution in [0.3, 0.4) is 0 Å². The summed E-state index contributed by atoms with van der Waals surface area (Å²) in [6, 6.07) is 2.35. The zero-order chi connectivity index (χ0) is 23.4. The highest BCUT2D eigenvalue weighted by Gasteiger charge is 2.38. The fraction of sp³-hybridized carbons (Fsp3) is 0.375. The van der Waals surface area contributed by atoms with Crippen molar-refractivity contribution in [2.24, 2.45) is 0 Å². The van der Waals surface area contributed by atoms with Crippen LogP contribution < -0.4 is 10.4 Å². The number of aromatic nitrogens is 7. The first-order chi connectivity index (χ1) is 16.5. The minimum Gasteiger partial charge on any atom is -0.309 e. The molecule has 0 spiro atoms. The number of rotatable bonds is 5. The van der Waals surface area contributed by atoms with Crippen LogP contribution in [0.4, 0.5) is 5.82 Å². The fourth-order valence-corrected chi connectivity index (χ4v) is 4.56. The predicted octanol–water partition coefficient (Wildman–Crippen LogP) is 3.18. The smallest absolute Gasteiger partial charge is 0.250 e. The van der Waals surface area contributed by atoms with E-state index in [-0.39, 0.29) is 11.8 Å². The normalized spacial score (nSPS) is 17.9. The van der Waals surface area contributed by atoms with Gasteiger partial charge in [-0.1, -0.05) is 6.42 Å². The Morgan fingerprint density at radius 2 is 1.82 bits per heavy atom. The number of imidazole rings is 1. The van der Waals surface area contributed by atoms with Gasteiger partial charge in [-0.25, -0.2) is 40.3 Å². The number of fused-ring (bicyclic) bond motifs is 2. The van der Waals surface area contributed by atoms with E-state index in [4.69, 9.17) is 4.98 Å². The SMILES string of the molecule is CCn1c(-c2cnc(C)nc2)nc2c(-c3cnc4c(c3)C(C)C(=O)N4NC3CCC3)ncnc21. The van der Waals surface area contributed by atoms with Gasteiger partial charge in [-0.3, -0.25) is 4.79 Å². The molecule has 6 rings (SSSR count). The zero-order valence-corrected chi connectivity index (χ0v) is 19.4. The van der Waals surface area contributed by atoms with Crippen molar-refractivity contribution >= 4 is 22.9 Å². The number of hydrogen-bond acceptors (Lipinski definition) is 8. The predicted molar refractivity (Wildman–Crippen MR) is 127 cm³/mol. The Labute approximate surface area is 196 Å². The number of nitrogens with one attached hydrogen (secondary N) is 1. The quantitative estimate of drug-likeness (QED) is 0.488. The van der Waals surface area contributed by atoms with Gasteiger partial charge in [0.05, 0.1) is 11.5 Å². The molecule has 1 saturated carbocycles. The summed E-state index contributed by atoms with van der Waals surface area (Å²) in [6.07, 6.45) is 10.2. The minimum absolute atomic E-state index is 0.0244. The van der Waals surface area contributed by atoms with Crippen LogP contribution in [0.5, 0.6) is 0 Å². The minimum atomic E-state index is -0.277. The molecule has 0 bridgehead atoms. The Morgan fingerprint density at radius 1 is 1.06 bits per heavy atom. The molecule has 5 heterocycles. The van der Waals surface area contributed by atoms with Crippen LogP contribution in [0.15, 0.2) is 31.0 Å². The third kappa shape index (κ3) is 3.17. The lowest BCUT2D eigenvalue weighted by Gasteiger charge is -2.31. The molecule has 10 heteroatoms. The molecule has 4 aromatic rings. The molecule has 0 radical (unpaired) electrons. The van der Waals surface area contributed by atoms with Crippen LogP contribution in [-0.2, 0) is 11.3 Å². The van der Waals surface area contributed by atoms with Gasteiger partial charge in [0.1, 0.15) is 29.2 Å². The molecule has 1 aliphatic carbocycles. The highest BCUT2D eigenvalue weighted by atomic mass is 16.2. The second kappa shape index (κ2) is 7.91. The van der Waals surface area contributed by atoms with Crippen molar-refractivity contribution in [1.29, 1.82) is 0 Å². The lowest BCUT2D eigenvalue weighted by Crippen LogP contribution is -2.50. The van der Waals surface area contributed by atoms with Gasteiger partial charge in [0.2, 0.25) is 5.91 Å². The number of carbonyl (C=O) groups excluding carboxylic acids is 1. The van der Waals surface area contributed by atoms with Crippen molar-refractivity contribution in [3.63, 3.8) is 0 Å². The maximum absolute atomic E-state index is 12.9. The van der Waals surface area contributed by atoms with E-state index in [9.17, 15) is 4.79 Å². The van der Waals surface area contributed by atoms with Crippen LogP contribution >= 0.6 is 0 Å². The molecule has 2 aliphatic rings. The van der Waals surface area contributed by atoms with Crippen LogP contribution in [0.25, 0.3) is 33.8 Å². The summed E-state index contributed by atoms with van der Waals surface area (Å²) in [4.78, 5) is 40.2. The molecule has 1 amide bonds. The summed E-state index contributed by atoms with van der Waals surface area (Å²) in [5, 5.41) is 1.63. The third-order valence-electron chi connectivity index (χ3n) is 6.74. The van der Waals surface area contributed by atoms with Crippen LogP contribution in [-0.4, -0.2) is 46.4 Å². The molecule has 1 aliphatic heterocycles. The van der Waals surface area contributed by atoms with Crippen molar-refractivity contribution in [2.45, 2.75) is 58.5 Å². The second-order valence-corrected chi connectivity index (χ2v) is 8.88. The van der Waals surface area contributed by atoms with Gasteiger partial charge in [-0.05, 0) is 39.7 Å². The number of amides is 1. The standard InChI is InChI=1S/C24H25N9O/c1-4-32-21(16-10-25-14(3)26-11-16)30-20-19(28-12-29-23(20)32)15-8-18-13(2)24(34)33(22(18)27-9-15)31-17-6-5-7-17/h8-13,17,31H,4-7H2,1-3H3. The number of pyridine rings is 1. The summed E-state index contributed by atoms with van der Waals surface area (Å²) < 4.78 is 2.03. The number of hydrogen-bond donors (Lipinski definition) is 1. The number of hydrazine groups is 1. The van der Waals surface area contributed by atoms with Crippen molar-refractivity contribution in [3.05, 3.63) is 42.4 Å². The molecule has 34 heavy (non-hydrogen) atoms. The van der Waals surface area contributed by atoms with E-state index in [0.717, 1.165) is 41.0 Å². The maximum atomic E-state index is 12.9. The number of anilines is 1. The fourth-order valence-electron chi connectivity index (χ4n) is 4.56. The van der Waals surface area contributed by atoms with E-state index in [2.05, 4.69) is 37.3 Å². The van der Waals surface area contributed by atoms with Crippen LogP contribution in [0, 0.1) is 6.92 Å². The molecule has 0 saturated heterocycles. The Kier molecular flexibility index (Phi) is 4.84. The molecular weight excluding hydrogens is 430 g/mol. The second-order valence-electron chi connectivity index (χ2n) is 8.88. The van der Waals surface area contributed by atoms with Crippen molar-refractivity contribution in [1.82, 2.24) is 39.9 Å². The Bertz CT molecular complexity index is 1410. The highest BCUT2D eigenvalue weighted by Crippen LogP contribution is 2.38. The van der Waals surface area contributed by atoms with Crippen LogP contribution in [0.2, 0.25) is 0 Å². The third-order valence-corrected chi connectivity index (χ3v) is 6.74. The first kappa shape index (κ1) is 20.8. The van der Waals surface area contributed by atoms with E-state index in [1.165, 1.54) is 6.42 Å². The molecule has 10 nitrogen and oxygen atoms in total. The van der Waals surface area contributed by atoms with Gasteiger partial charge in [0.15, 0.2) is 11.5 Å². The molecule has 1 unspecified atom stereocenters. The molecule has 1 N–H and O–H groups in total. The summed E-state index contributed by atoms with van der Waals surface area (Å²) in [5.41, 5.74) is 7.98. The van der Waals surface area contributed by atoms with Crippen molar-refractivity contribution < 1.29 is 4.79 Å². The van der Waals surface area contributed by atoms with Crippen molar-refractivity contribution in [2.75, 3.05) is 5.01 Å². The molecule has 172 valence electrons. The van der Waals surface area contributed by atoms with E-state index >= 15 is 0 Å². The summed E-state index contributed by atoms with van der Waals surface area (Å²) in [7, 11) is 0. The van der Waals surface area contributed by atoms with Crippen LogP contribution in [0.1, 0.15) is 50.4 Å². The first-order valence-corrected chi connectivity index (χ1v) is 11.7. The Balaban J connectivity index is 1.45. The van der Waals surface area contributed by atoms with Gasteiger partial charge < -0.3 is 4.57 Å². The Hall–Kier alpha value is -3.79. The summed E-state index contributed by atoms with van der Waals surface area (Å²) >= 11 is 0. The summed E-state index contributed by atoms with van der Waals surface area (Å²) in [6.45, 7) is 6.51. The lowest BCUT2D eigenvalue weighted by atomic mass is 9.94. The zero-order valence-electron chi connectivity index (χ0n) is 19.4. The largest absolute Gasteiger partial charge is 0.309 e. The number of aryl methyl sites for hydroxylation is 2. The van der Waals surface area contributed by atoms with Crippen molar-refractivity contribution in [3.8, 4) is 22.6 Å².